The van der Waals surface area contributed by atoms with Gasteiger partial charge in [0.15, 0.2) is 17.5 Å². The van der Waals surface area contributed by atoms with E-state index in [-0.39, 0.29) is 0 Å². The summed E-state index contributed by atoms with van der Waals surface area (Å²) in [5.41, 5.74) is 7.31. The molecule has 0 unspecified atom stereocenters. The van der Waals surface area contributed by atoms with E-state index >= 15 is 0 Å². The van der Waals surface area contributed by atoms with Crippen LogP contribution in [-0.4, -0.2) is 44.2 Å². The van der Waals surface area contributed by atoms with E-state index in [0.717, 1.165) is 44.0 Å². The van der Waals surface area contributed by atoms with E-state index in [9.17, 15) is 0 Å². The van der Waals surface area contributed by atoms with Crippen molar-refractivity contribution in [2.24, 2.45) is 10.7 Å². The standard InChI is InChI=1S/C18H29N3O2/c1-3-23-17-14-15(9-10-16(17)22-2)8-7-11-20-18(19)21-12-5-4-6-13-21/h9-10,14H,3-8,11-13H2,1-2H3,(H2,19,20). The normalized spacial score (nSPS) is 15.6. The Balaban J connectivity index is 1.82. The third-order valence-corrected chi connectivity index (χ3v) is 4.11. The van der Waals surface area contributed by atoms with Gasteiger partial charge in [-0.1, -0.05) is 6.07 Å². The first-order chi connectivity index (χ1) is 11.2. The molecule has 5 heteroatoms. The number of hydrogen-bond donors (Lipinski definition) is 1. The molecule has 128 valence electrons. The van der Waals surface area contributed by atoms with Crippen LogP contribution in [0.15, 0.2) is 23.2 Å². The van der Waals surface area contributed by atoms with Gasteiger partial charge in [-0.3, -0.25) is 4.99 Å². The SMILES string of the molecule is CCOc1cc(CCCN=C(N)N2CCCCC2)ccc1OC. The highest BCUT2D eigenvalue weighted by Crippen LogP contribution is 2.28. The van der Waals surface area contributed by atoms with Crippen LogP contribution >= 0.6 is 0 Å². The first kappa shape index (κ1) is 17.4. The van der Waals surface area contributed by atoms with Gasteiger partial charge in [-0.05, 0) is 56.7 Å². The summed E-state index contributed by atoms with van der Waals surface area (Å²) in [6, 6.07) is 6.10. The Morgan fingerprint density at radius 2 is 2.00 bits per heavy atom. The molecule has 2 rings (SSSR count). The van der Waals surface area contributed by atoms with Crippen molar-refractivity contribution in [3.05, 3.63) is 23.8 Å². The van der Waals surface area contributed by atoms with E-state index in [4.69, 9.17) is 15.2 Å². The van der Waals surface area contributed by atoms with Gasteiger partial charge in [-0.2, -0.15) is 0 Å². The molecule has 23 heavy (non-hydrogen) atoms. The summed E-state index contributed by atoms with van der Waals surface area (Å²) in [5.74, 6) is 2.29. The molecule has 0 spiro atoms. The largest absolute Gasteiger partial charge is 0.493 e. The number of piperidine rings is 1. The third-order valence-electron chi connectivity index (χ3n) is 4.11. The quantitative estimate of drug-likeness (QED) is 0.477. The van der Waals surface area contributed by atoms with Crippen LogP contribution in [0.5, 0.6) is 11.5 Å². The lowest BCUT2D eigenvalue weighted by Gasteiger charge is -2.27. The minimum Gasteiger partial charge on any atom is -0.493 e. The second kappa shape index (κ2) is 9.28. The predicted molar refractivity (Wildman–Crippen MR) is 94.4 cm³/mol. The van der Waals surface area contributed by atoms with Crippen molar-refractivity contribution in [3.63, 3.8) is 0 Å². The minimum atomic E-state index is 0.635. The molecule has 1 aromatic carbocycles. The average Bonchev–Trinajstić information content (AvgIpc) is 2.60. The summed E-state index contributed by atoms with van der Waals surface area (Å²) in [7, 11) is 1.66. The molecular formula is C18H29N3O2. The topological polar surface area (TPSA) is 60.1 Å². The number of methoxy groups -OCH3 is 1. The number of nitrogens with two attached hydrogens (primary N) is 1. The Bertz CT molecular complexity index is 511. The van der Waals surface area contributed by atoms with Crippen molar-refractivity contribution in [2.45, 2.75) is 39.0 Å². The number of aryl methyl sites for hydroxylation is 1. The fraction of sp³-hybridized carbons (Fsp3) is 0.611. The van der Waals surface area contributed by atoms with Crippen LogP contribution in [0.4, 0.5) is 0 Å². The minimum absolute atomic E-state index is 0.635. The molecule has 0 radical (unpaired) electrons. The molecule has 1 heterocycles. The Hall–Kier alpha value is -1.91. The summed E-state index contributed by atoms with van der Waals surface area (Å²) < 4.78 is 10.9. The van der Waals surface area contributed by atoms with Crippen molar-refractivity contribution >= 4 is 5.96 Å². The zero-order valence-electron chi connectivity index (χ0n) is 14.4. The Morgan fingerprint density at radius 1 is 1.22 bits per heavy atom. The Morgan fingerprint density at radius 3 is 2.70 bits per heavy atom. The lowest BCUT2D eigenvalue weighted by atomic mass is 10.1. The maximum absolute atomic E-state index is 6.07. The van der Waals surface area contributed by atoms with Gasteiger partial charge < -0.3 is 20.1 Å². The van der Waals surface area contributed by atoms with Crippen LogP contribution in [-0.2, 0) is 6.42 Å². The second-order valence-corrected chi connectivity index (χ2v) is 5.81. The van der Waals surface area contributed by atoms with E-state index in [1.807, 2.05) is 13.0 Å². The molecule has 0 amide bonds. The highest BCUT2D eigenvalue weighted by atomic mass is 16.5. The molecule has 0 atom stereocenters. The number of guanidine groups is 1. The number of aliphatic imine (C=N–C) groups is 1. The molecule has 0 saturated carbocycles. The van der Waals surface area contributed by atoms with E-state index in [1.165, 1.54) is 24.8 Å². The molecule has 1 aromatic rings. The van der Waals surface area contributed by atoms with Crippen molar-refractivity contribution < 1.29 is 9.47 Å². The van der Waals surface area contributed by atoms with Crippen LogP contribution in [0.1, 0.15) is 38.2 Å². The molecule has 1 aliphatic rings. The number of benzene rings is 1. The van der Waals surface area contributed by atoms with Gasteiger partial charge in [0.05, 0.1) is 13.7 Å². The molecule has 0 bridgehead atoms. The molecule has 2 N–H and O–H groups in total. The Labute approximate surface area is 139 Å². The number of nitrogens with zero attached hydrogens (tertiary/aromatic N) is 2. The van der Waals surface area contributed by atoms with Crippen molar-refractivity contribution in [1.29, 1.82) is 0 Å². The monoisotopic (exact) mass is 319 g/mol. The average molecular weight is 319 g/mol. The van der Waals surface area contributed by atoms with Gasteiger partial charge in [0.2, 0.25) is 0 Å². The molecule has 1 aliphatic heterocycles. The highest BCUT2D eigenvalue weighted by molar-refractivity contribution is 5.78. The first-order valence-electron chi connectivity index (χ1n) is 8.59. The summed E-state index contributed by atoms with van der Waals surface area (Å²) in [6.07, 6.45) is 5.70. The van der Waals surface area contributed by atoms with Crippen molar-refractivity contribution in [3.8, 4) is 11.5 Å². The smallest absolute Gasteiger partial charge is 0.191 e. The van der Waals surface area contributed by atoms with Gasteiger partial charge in [-0.15, -0.1) is 0 Å². The third kappa shape index (κ3) is 5.34. The molecular weight excluding hydrogens is 290 g/mol. The van der Waals surface area contributed by atoms with E-state index in [1.54, 1.807) is 7.11 Å². The summed E-state index contributed by atoms with van der Waals surface area (Å²) >= 11 is 0. The van der Waals surface area contributed by atoms with Crippen molar-refractivity contribution in [2.75, 3.05) is 33.4 Å². The zero-order valence-corrected chi connectivity index (χ0v) is 14.4. The van der Waals surface area contributed by atoms with Gasteiger partial charge in [0, 0.05) is 19.6 Å². The van der Waals surface area contributed by atoms with E-state index < -0.39 is 0 Å². The maximum atomic E-state index is 6.07. The van der Waals surface area contributed by atoms with Crippen LogP contribution < -0.4 is 15.2 Å². The van der Waals surface area contributed by atoms with Crippen LogP contribution in [0.3, 0.4) is 0 Å². The Kier molecular flexibility index (Phi) is 7.04. The molecule has 1 saturated heterocycles. The summed E-state index contributed by atoms with van der Waals surface area (Å²) in [4.78, 5) is 6.72. The fourth-order valence-corrected chi connectivity index (χ4v) is 2.84. The maximum Gasteiger partial charge on any atom is 0.191 e. The zero-order chi connectivity index (χ0) is 16.5. The first-order valence-corrected chi connectivity index (χ1v) is 8.59. The number of likely N-dealkylation sites (tertiary alicyclic amines) is 1. The van der Waals surface area contributed by atoms with Crippen LogP contribution in [0, 0.1) is 0 Å². The van der Waals surface area contributed by atoms with Gasteiger partial charge in [0.25, 0.3) is 0 Å². The number of hydrogen-bond acceptors (Lipinski definition) is 3. The molecule has 5 nitrogen and oxygen atoms in total. The van der Waals surface area contributed by atoms with Gasteiger partial charge in [0.1, 0.15) is 0 Å². The lowest BCUT2D eigenvalue weighted by Crippen LogP contribution is -2.40. The van der Waals surface area contributed by atoms with Crippen LogP contribution in [0.2, 0.25) is 0 Å². The van der Waals surface area contributed by atoms with Gasteiger partial charge in [-0.25, -0.2) is 0 Å². The predicted octanol–water partition coefficient (Wildman–Crippen LogP) is 2.83. The fourth-order valence-electron chi connectivity index (χ4n) is 2.84. The van der Waals surface area contributed by atoms with Gasteiger partial charge >= 0.3 is 0 Å². The van der Waals surface area contributed by atoms with E-state index in [2.05, 4.69) is 22.0 Å². The number of ether oxygens (including phenoxy) is 2. The highest BCUT2D eigenvalue weighted by Gasteiger charge is 2.11. The molecule has 0 aromatic heterocycles. The lowest BCUT2D eigenvalue weighted by molar-refractivity contribution is 0.310. The summed E-state index contributed by atoms with van der Waals surface area (Å²) in [5, 5.41) is 0. The van der Waals surface area contributed by atoms with Crippen LogP contribution in [0.25, 0.3) is 0 Å². The second-order valence-electron chi connectivity index (χ2n) is 5.81. The molecule has 1 fully saturated rings. The summed E-state index contributed by atoms with van der Waals surface area (Å²) in [6.45, 7) is 5.47. The number of rotatable bonds is 7. The van der Waals surface area contributed by atoms with Crippen molar-refractivity contribution in [1.82, 2.24) is 4.90 Å². The van der Waals surface area contributed by atoms with E-state index in [0.29, 0.717) is 12.6 Å². The molecule has 0 aliphatic carbocycles.